The predicted octanol–water partition coefficient (Wildman–Crippen LogP) is -0.0948. The van der Waals surface area contributed by atoms with Crippen LogP contribution in [0.1, 0.15) is 13.8 Å². The normalized spacial score (nSPS) is 25.5. The number of aliphatic hydroxyl groups is 1. The minimum atomic E-state index is -2.98. The Labute approximate surface area is 84.9 Å². The Hall–Kier alpha value is -0.390. The van der Waals surface area contributed by atoms with Gasteiger partial charge >= 0.3 is 0 Å². The molecule has 0 amide bonds. The van der Waals surface area contributed by atoms with Gasteiger partial charge in [-0.15, -0.1) is 0 Å². The summed E-state index contributed by atoms with van der Waals surface area (Å²) in [6.45, 7) is 4.54. The highest BCUT2D eigenvalue weighted by Gasteiger charge is 2.24. The molecule has 0 aromatic rings. The standard InChI is InChI=1S/C9H17NO3S/c1-9(2,7-11)6-10-8-3-4-14(12,13)5-8/h3-4,8,10-11H,5-7H2,1-2H3. The summed E-state index contributed by atoms with van der Waals surface area (Å²) < 4.78 is 22.1. The first-order valence-corrected chi connectivity index (χ1v) is 6.31. The highest BCUT2D eigenvalue weighted by molar-refractivity contribution is 7.94. The molecule has 14 heavy (non-hydrogen) atoms. The zero-order valence-electron chi connectivity index (χ0n) is 8.53. The molecule has 0 aromatic carbocycles. The summed E-state index contributed by atoms with van der Waals surface area (Å²) in [5, 5.41) is 13.3. The number of hydrogen-bond donors (Lipinski definition) is 2. The molecule has 1 aliphatic heterocycles. The number of rotatable bonds is 4. The fourth-order valence-electron chi connectivity index (χ4n) is 1.17. The molecule has 0 spiro atoms. The van der Waals surface area contributed by atoms with Crippen LogP contribution in [-0.2, 0) is 9.84 Å². The van der Waals surface area contributed by atoms with Crippen LogP contribution in [0.2, 0.25) is 0 Å². The summed E-state index contributed by atoms with van der Waals surface area (Å²) >= 11 is 0. The highest BCUT2D eigenvalue weighted by atomic mass is 32.2. The first-order chi connectivity index (χ1) is 6.35. The zero-order chi connectivity index (χ0) is 10.8. The van der Waals surface area contributed by atoms with Crippen LogP contribution < -0.4 is 5.32 Å². The predicted molar refractivity (Wildman–Crippen MR) is 55.6 cm³/mol. The van der Waals surface area contributed by atoms with Gasteiger partial charge in [0.2, 0.25) is 0 Å². The lowest BCUT2D eigenvalue weighted by molar-refractivity contribution is 0.156. The van der Waals surface area contributed by atoms with Gasteiger partial charge in [-0.05, 0) is 0 Å². The van der Waals surface area contributed by atoms with Crippen molar-refractivity contribution in [3.05, 3.63) is 11.5 Å². The zero-order valence-corrected chi connectivity index (χ0v) is 9.34. The largest absolute Gasteiger partial charge is 0.396 e. The lowest BCUT2D eigenvalue weighted by atomic mass is 9.95. The second kappa shape index (κ2) is 4.00. The number of nitrogens with one attached hydrogen (secondary N) is 1. The third-order valence-corrected chi connectivity index (χ3v) is 3.60. The quantitative estimate of drug-likeness (QED) is 0.693. The monoisotopic (exact) mass is 219 g/mol. The molecule has 0 fully saturated rings. The maximum atomic E-state index is 11.1. The second-order valence-corrected chi connectivity index (χ2v) is 6.40. The van der Waals surface area contributed by atoms with E-state index in [4.69, 9.17) is 5.11 Å². The highest BCUT2D eigenvalue weighted by Crippen LogP contribution is 2.14. The molecule has 0 radical (unpaired) electrons. The van der Waals surface area contributed by atoms with Crippen LogP contribution in [-0.4, -0.2) is 38.5 Å². The third kappa shape index (κ3) is 3.40. The fraction of sp³-hybridized carbons (Fsp3) is 0.778. The average Bonchev–Trinajstić information content (AvgIpc) is 2.43. The van der Waals surface area contributed by atoms with E-state index in [9.17, 15) is 8.42 Å². The van der Waals surface area contributed by atoms with Gasteiger partial charge in [0, 0.05) is 30.0 Å². The van der Waals surface area contributed by atoms with Crippen molar-refractivity contribution in [1.82, 2.24) is 5.32 Å². The van der Waals surface area contributed by atoms with Crippen molar-refractivity contribution < 1.29 is 13.5 Å². The van der Waals surface area contributed by atoms with Crippen LogP contribution in [0, 0.1) is 5.41 Å². The molecule has 0 saturated carbocycles. The van der Waals surface area contributed by atoms with Gasteiger partial charge < -0.3 is 10.4 Å². The average molecular weight is 219 g/mol. The molecule has 1 rings (SSSR count). The summed E-state index contributed by atoms with van der Waals surface area (Å²) in [4.78, 5) is 0. The van der Waals surface area contributed by atoms with E-state index in [1.165, 1.54) is 5.41 Å². The molecule has 1 heterocycles. The number of aliphatic hydroxyl groups excluding tert-OH is 1. The Kier molecular flexibility index (Phi) is 3.34. The second-order valence-electron chi connectivity index (χ2n) is 4.47. The molecule has 2 N–H and O–H groups in total. The van der Waals surface area contributed by atoms with Crippen molar-refractivity contribution in [2.24, 2.45) is 5.41 Å². The molecule has 1 aliphatic rings. The summed E-state index contributed by atoms with van der Waals surface area (Å²) in [6, 6.07) is -0.106. The summed E-state index contributed by atoms with van der Waals surface area (Å²) in [5.41, 5.74) is -0.208. The third-order valence-electron chi connectivity index (χ3n) is 2.20. The molecule has 82 valence electrons. The molecular formula is C9H17NO3S. The maximum absolute atomic E-state index is 11.1. The SMILES string of the molecule is CC(C)(CO)CNC1C=CS(=O)(=O)C1. The molecule has 1 atom stereocenters. The van der Waals surface area contributed by atoms with E-state index in [1.807, 2.05) is 13.8 Å². The van der Waals surface area contributed by atoms with Crippen LogP contribution in [0.3, 0.4) is 0 Å². The lowest BCUT2D eigenvalue weighted by Gasteiger charge is -2.23. The molecular weight excluding hydrogens is 202 g/mol. The van der Waals surface area contributed by atoms with Crippen LogP contribution in [0.25, 0.3) is 0 Å². The van der Waals surface area contributed by atoms with Gasteiger partial charge in [-0.25, -0.2) is 8.42 Å². The van der Waals surface area contributed by atoms with Gasteiger partial charge in [0.25, 0.3) is 0 Å². The van der Waals surface area contributed by atoms with E-state index in [0.29, 0.717) is 6.54 Å². The number of sulfone groups is 1. The van der Waals surface area contributed by atoms with Crippen molar-refractivity contribution in [2.75, 3.05) is 18.9 Å². The van der Waals surface area contributed by atoms with E-state index in [1.54, 1.807) is 6.08 Å². The molecule has 0 bridgehead atoms. The van der Waals surface area contributed by atoms with Crippen molar-refractivity contribution >= 4 is 9.84 Å². The van der Waals surface area contributed by atoms with Crippen LogP contribution in [0.15, 0.2) is 11.5 Å². The van der Waals surface area contributed by atoms with E-state index in [0.717, 1.165) is 0 Å². The molecule has 1 unspecified atom stereocenters. The van der Waals surface area contributed by atoms with Crippen LogP contribution in [0.4, 0.5) is 0 Å². The first-order valence-electron chi connectivity index (χ1n) is 4.60. The topological polar surface area (TPSA) is 66.4 Å². The van der Waals surface area contributed by atoms with Crippen molar-refractivity contribution in [3.63, 3.8) is 0 Å². The van der Waals surface area contributed by atoms with Crippen LogP contribution >= 0.6 is 0 Å². The summed E-state index contributed by atoms with van der Waals surface area (Å²) in [7, 11) is -2.98. The van der Waals surface area contributed by atoms with E-state index >= 15 is 0 Å². The lowest BCUT2D eigenvalue weighted by Crippen LogP contribution is -2.39. The molecule has 0 aromatic heterocycles. The minimum Gasteiger partial charge on any atom is -0.396 e. The minimum absolute atomic E-state index is 0.0865. The fourth-order valence-corrected chi connectivity index (χ4v) is 2.44. The van der Waals surface area contributed by atoms with Gasteiger partial charge in [-0.2, -0.15) is 0 Å². The van der Waals surface area contributed by atoms with Gasteiger partial charge in [-0.1, -0.05) is 19.9 Å². The Morgan fingerprint density at radius 2 is 2.21 bits per heavy atom. The summed E-state index contributed by atoms with van der Waals surface area (Å²) in [6.07, 6.45) is 1.66. The maximum Gasteiger partial charge on any atom is 0.173 e. The van der Waals surface area contributed by atoms with Gasteiger partial charge in [0.15, 0.2) is 9.84 Å². The van der Waals surface area contributed by atoms with Crippen molar-refractivity contribution in [2.45, 2.75) is 19.9 Å². The van der Waals surface area contributed by atoms with Gasteiger partial charge in [-0.3, -0.25) is 0 Å². The first kappa shape index (κ1) is 11.7. The van der Waals surface area contributed by atoms with E-state index in [2.05, 4.69) is 5.32 Å². The van der Waals surface area contributed by atoms with Crippen molar-refractivity contribution in [1.29, 1.82) is 0 Å². The Morgan fingerprint density at radius 3 is 2.64 bits per heavy atom. The molecule has 4 nitrogen and oxygen atoms in total. The van der Waals surface area contributed by atoms with Crippen LogP contribution in [0.5, 0.6) is 0 Å². The Balaban J connectivity index is 2.39. The number of hydrogen-bond acceptors (Lipinski definition) is 4. The van der Waals surface area contributed by atoms with Gasteiger partial charge in [0.1, 0.15) is 0 Å². The Morgan fingerprint density at radius 1 is 1.57 bits per heavy atom. The van der Waals surface area contributed by atoms with E-state index < -0.39 is 9.84 Å². The van der Waals surface area contributed by atoms with E-state index in [-0.39, 0.29) is 23.8 Å². The molecule has 5 heteroatoms. The smallest absolute Gasteiger partial charge is 0.173 e. The Bertz CT molecular complexity index is 319. The van der Waals surface area contributed by atoms with Gasteiger partial charge in [0.05, 0.1) is 5.75 Å². The van der Waals surface area contributed by atoms with Crippen molar-refractivity contribution in [3.8, 4) is 0 Å². The molecule has 0 saturated heterocycles. The summed E-state index contributed by atoms with van der Waals surface area (Å²) in [5.74, 6) is 0.133. The molecule has 0 aliphatic carbocycles.